The fourth-order valence-electron chi connectivity index (χ4n) is 0.906. The van der Waals surface area contributed by atoms with Crippen molar-refractivity contribution in [1.29, 1.82) is 0 Å². The number of phenolic OH excluding ortho intramolecular Hbond substituents is 1. The van der Waals surface area contributed by atoms with Crippen LogP contribution in [-0.2, 0) is 18.1 Å². The summed E-state index contributed by atoms with van der Waals surface area (Å²) in [5.41, 5.74) is 0. The van der Waals surface area contributed by atoms with Gasteiger partial charge in [-0.05, 0) is 6.07 Å². The summed E-state index contributed by atoms with van der Waals surface area (Å²) in [6.45, 7) is 0. The van der Waals surface area contributed by atoms with Crippen molar-refractivity contribution in [3.8, 4) is 5.75 Å². The first-order chi connectivity index (χ1) is 7.03. The Labute approximate surface area is 105 Å². The molecule has 16 heavy (non-hydrogen) atoms. The van der Waals surface area contributed by atoms with Crippen LogP contribution in [-0.4, -0.2) is 21.9 Å². The van der Waals surface area contributed by atoms with Crippen LogP contribution >= 0.6 is 33.0 Å². The highest BCUT2D eigenvalue weighted by Crippen LogP contribution is 2.35. The maximum atomic E-state index is 11.0. The SMILES string of the molecule is O=S(=O)(Cl)c1cc(S(=O)(=O)Cl)c(Cl)cc1O. The maximum absolute atomic E-state index is 11.0. The maximum Gasteiger partial charge on any atom is 0.265 e. The summed E-state index contributed by atoms with van der Waals surface area (Å²) in [4.78, 5) is -1.43. The van der Waals surface area contributed by atoms with Crippen LogP contribution in [0.3, 0.4) is 0 Å². The third-order valence-corrected chi connectivity index (χ3v) is 4.68. The van der Waals surface area contributed by atoms with Crippen LogP contribution in [0.25, 0.3) is 0 Å². The van der Waals surface area contributed by atoms with Crippen LogP contribution in [0.4, 0.5) is 0 Å². The Balaban J connectivity index is 3.72. The molecule has 1 N–H and O–H groups in total. The van der Waals surface area contributed by atoms with Crippen molar-refractivity contribution in [3.63, 3.8) is 0 Å². The first kappa shape index (κ1) is 13.9. The van der Waals surface area contributed by atoms with Crippen molar-refractivity contribution < 1.29 is 21.9 Å². The van der Waals surface area contributed by atoms with E-state index in [0.29, 0.717) is 6.07 Å². The van der Waals surface area contributed by atoms with E-state index < -0.39 is 38.7 Å². The van der Waals surface area contributed by atoms with Crippen LogP contribution in [0.1, 0.15) is 0 Å². The van der Waals surface area contributed by atoms with Crippen LogP contribution < -0.4 is 0 Å². The normalized spacial score (nSPS) is 12.7. The molecule has 1 rings (SSSR count). The predicted molar refractivity (Wildman–Crippen MR) is 59.2 cm³/mol. The Morgan fingerprint density at radius 2 is 1.38 bits per heavy atom. The van der Waals surface area contributed by atoms with Crippen molar-refractivity contribution in [2.45, 2.75) is 9.79 Å². The Bertz CT molecular complexity index is 581. The molecular weight excluding hydrogens is 323 g/mol. The van der Waals surface area contributed by atoms with Gasteiger partial charge in [0.25, 0.3) is 18.1 Å². The summed E-state index contributed by atoms with van der Waals surface area (Å²) in [6.07, 6.45) is 0. The molecule has 5 nitrogen and oxygen atoms in total. The van der Waals surface area contributed by atoms with Gasteiger partial charge in [-0.1, -0.05) is 11.6 Å². The van der Waals surface area contributed by atoms with Gasteiger partial charge < -0.3 is 5.11 Å². The Kier molecular flexibility index (Phi) is 3.66. The molecule has 1 aromatic carbocycles. The fourth-order valence-corrected chi connectivity index (χ4v) is 3.43. The first-order valence-electron chi connectivity index (χ1n) is 3.45. The lowest BCUT2D eigenvalue weighted by atomic mass is 10.3. The molecule has 0 aliphatic rings. The standard InChI is InChI=1S/C6H3Cl3O5S2/c7-3-1-4(10)6(16(9,13)14)2-5(3)15(8,11)12/h1-2,10H. The summed E-state index contributed by atoms with van der Waals surface area (Å²) in [6, 6.07) is 1.31. The highest BCUT2D eigenvalue weighted by molar-refractivity contribution is 8.14. The van der Waals surface area contributed by atoms with Gasteiger partial charge in [0.2, 0.25) is 0 Å². The number of halogens is 3. The Hall–Kier alpha value is -0.210. The molecule has 0 aromatic heterocycles. The van der Waals surface area contributed by atoms with E-state index >= 15 is 0 Å². The van der Waals surface area contributed by atoms with E-state index in [2.05, 4.69) is 0 Å². The molecule has 0 saturated heterocycles. The Morgan fingerprint density at radius 3 is 1.75 bits per heavy atom. The molecule has 0 aliphatic carbocycles. The molecular formula is C6H3Cl3O5S2. The van der Waals surface area contributed by atoms with E-state index in [1.165, 1.54) is 0 Å². The minimum absolute atomic E-state index is 0.406. The lowest BCUT2D eigenvalue weighted by Gasteiger charge is -2.05. The summed E-state index contributed by atoms with van der Waals surface area (Å²) < 4.78 is 43.9. The average Bonchev–Trinajstić information content (AvgIpc) is 1.97. The number of hydrogen-bond acceptors (Lipinski definition) is 5. The third kappa shape index (κ3) is 2.92. The van der Waals surface area contributed by atoms with Crippen molar-refractivity contribution in [2.24, 2.45) is 0 Å². The molecule has 0 radical (unpaired) electrons. The second-order valence-electron chi connectivity index (χ2n) is 2.63. The Morgan fingerprint density at radius 1 is 0.938 bits per heavy atom. The van der Waals surface area contributed by atoms with E-state index in [9.17, 15) is 21.9 Å². The monoisotopic (exact) mass is 324 g/mol. The average molecular weight is 326 g/mol. The summed E-state index contributed by atoms with van der Waals surface area (Å²) >= 11 is 5.47. The third-order valence-electron chi connectivity index (χ3n) is 1.54. The molecule has 90 valence electrons. The number of phenols is 1. The van der Waals surface area contributed by atoms with Crippen molar-refractivity contribution in [2.75, 3.05) is 0 Å². The van der Waals surface area contributed by atoms with Crippen LogP contribution in [0.5, 0.6) is 5.75 Å². The van der Waals surface area contributed by atoms with Gasteiger partial charge in [0.05, 0.1) is 5.02 Å². The summed E-state index contributed by atoms with van der Waals surface area (Å²) in [5.74, 6) is -0.760. The number of aromatic hydroxyl groups is 1. The summed E-state index contributed by atoms with van der Waals surface area (Å²) in [7, 11) is 1.46. The first-order valence-corrected chi connectivity index (χ1v) is 8.45. The minimum Gasteiger partial charge on any atom is -0.506 e. The molecule has 0 saturated carbocycles. The second-order valence-corrected chi connectivity index (χ2v) is 8.10. The van der Waals surface area contributed by atoms with Crippen LogP contribution in [0.2, 0.25) is 5.02 Å². The van der Waals surface area contributed by atoms with Crippen LogP contribution in [0.15, 0.2) is 21.9 Å². The van der Waals surface area contributed by atoms with E-state index in [-0.39, 0.29) is 0 Å². The van der Waals surface area contributed by atoms with E-state index in [1.807, 2.05) is 0 Å². The molecule has 0 bridgehead atoms. The number of rotatable bonds is 2. The van der Waals surface area contributed by atoms with Crippen molar-refractivity contribution in [3.05, 3.63) is 17.2 Å². The largest absolute Gasteiger partial charge is 0.506 e. The van der Waals surface area contributed by atoms with Crippen molar-refractivity contribution in [1.82, 2.24) is 0 Å². The molecule has 0 heterocycles. The lowest BCUT2D eigenvalue weighted by Crippen LogP contribution is -1.97. The van der Waals surface area contributed by atoms with Gasteiger partial charge >= 0.3 is 0 Å². The van der Waals surface area contributed by atoms with Gasteiger partial charge in [-0.3, -0.25) is 0 Å². The molecule has 10 heteroatoms. The highest BCUT2D eigenvalue weighted by atomic mass is 35.7. The molecule has 0 spiro atoms. The number of hydrogen-bond donors (Lipinski definition) is 1. The topological polar surface area (TPSA) is 88.5 Å². The van der Waals surface area contributed by atoms with Gasteiger partial charge in [-0.2, -0.15) is 0 Å². The minimum atomic E-state index is -4.29. The van der Waals surface area contributed by atoms with Gasteiger partial charge in [0, 0.05) is 27.4 Å². The van der Waals surface area contributed by atoms with Crippen molar-refractivity contribution >= 4 is 51.1 Å². The van der Waals surface area contributed by atoms with Gasteiger partial charge in [0.15, 0.2) is 0 Å². The molecule has 0 aliphatic heterocycles. The number of benzene rings is 1. The zero-order valence-electron chi connectivity index (χ0n) is 7.19. The van der Waals surface area contributed by atoms with Crippen LogP contribution in [0, 0.1) is 0 Å². The zero-order chi connectivity index (χ0) is 12.7. The van der Waals surface area contributed by atoms with Gasteiger partial charge in [0.1, 0.15) is 15.5 Å². The summed E-state index contributed by atoms with van der Waals surface area (Å²) in [5, 5.41) is 8.83. The molecule has 0 fully saturated rings. The second kappa shape index (κ2) is 4.23. The lowest BCUT2D eigenvalue weighted by molar-refractivity contribution is 0.459. The highest BCUT2D eigenvalue weighted by Gasteiger charge is 2.23. The zero-order valence-corrected chi connectivity index (χ0v) is 11.1. The smallest absolute Gasteiger partial charge is 0.265 e. The fraction of sp³-hybridized carbons (Fsp3) is 0. The predicted octanol–water partition coefficient (Wildman–Crippen LogP) is 1.90. The van der Waals surface area contributed by atoms with E-state index in [1.54, 1.807) is 0 Å². The van der Waals surface area contributed by atoms with Gasteiger partial charge in [-0.15, -0.1) is 0 Å². The molecule has 0 atom stereocenters. The van der Waals surface area contributed by atoms with Gasteiger partial charge in [-0.25, -0.2) is 16.8 Å². The van der Waals surface area contributed by atoms with E-state index in [0.717, 1.165) is 6.07 Å². The van der Waals surface area contributed by atoms with E-state index in [4.69, 9.17) is 33.0 Å². The molecule has 0 amide bonds. The quantitative estimate of drug-likeness (QED) is 0.839. The molecule has 1 aromatic rings. The molecule has 0 unspecified atom stereocenters.